The van der Waals surface area contributed by atoms with Crippen molar-refractivity contribution in [2.24, 2.45) is 4.99 Å². The van der Waals surface area contributed by atoms with E-state index in [1.807, 2.05) is 19.1 Å². The molecule has 0 saturated carbocycles. The molecule has 0 radical (unpaired) electrons. The number of aliphatic carboxylic acids is 1. The highest BCUT2D eigenvalue weighted by Gasteiger charge is 2.24. The molecule has 5 heteroatoms. The zero-order valence-corrected chi connectivity index (χ0v) is 10.2. The van der Waals surface area contributed by atoms with Crippen molar-refractivity contribution in [1.82, 2.24) is 0 Å². The van der Waals surface area contributed by atoms with E-state index < -0.39 is 12.0 Å². The Morgan fingerprint density at radius 2 is 2.35 bits per heavy atom. The molecule has 2 N–H and O–H groups in total. The molecule has 1 atom stereocenters. The van der Waals surface area contributed by atoms with Crippen LogP contribution in [0.25, 0.3) is 0 Å². The van der Waals surface area contributed by atoms with E-state index in [1.165, 1.54) is 11.8 Å². The van der Waals surface area contributed by atoms with Crippen LogP contribution in [0.3, 0.4) is 0 Å². The van der Waals surface area contributed by atoms with Crippen molar-refractivity contribution in [1.29, 1.82) is 0 Å². The largest absolute Gasteiger partial charge is 0.508 e. The molecule has 2 rings (SSSR count). The van der Waals surface area contributed by atoms with E-state index in [-0.39, 0.29) is 5.75 Å². The van der Waals surface area contributed by atoms with Crippen LogP contribution in [-0.4, -0.2) is 33.0 Å². The lowest BCUT2D eigenvalue weighted by atomic mass is 10.1. The maximum atomic E-state index is 10.7. The average Bonchev–Trinajstić information content (AvgIpc) is 2.71. The van der Waals surface area contributed by atoms with Gasteiger partial charge in [-0.05, 0) is 18.6 Å². The SMILES string of the molecule is Cc1ccc(CC2=N[C@H](C(=O)O)CS2)c(O)c1. The molecule has 17 heavy (non-hydrogen) atoms. The van der Waals surface area contributed by atoms with Crippen LogP contribution in [0.15, 0.2) is 23.2 Å². The lowest BCUT2D eigenvalue weighted by Crippen LogP contribution is -2.17. The number of thioether (sulfide) groups is 1. The second-order valence-corrected chi connectivity index (χ2v) is 5.09. The summed E-state index contributed by atoms with van der Waals surface area (Å²) < 4.78 is 0. The van der Waals surface area contributed by atoms with Crippen LogP contribution in [0.2, 0.25) is 0 Å². The Labute approximate surface area is 103 Å². The van der Waals surface area contributed by atoms with Gasteiger partial charge in [0.1, 0.15) is 5.75 Å². The van der Waals surface area contributed by atoms with E-state index in [2.05, 4.69) is 4.99 Å². The van der Waals surface area contributed by atoms with Gasteiger partial charge < -0.3 is 10.2 Å². The third-order valence-electron chi connectivity index (χ3n) is 2.58. The molecule has 1 aliphatic rings. The molecule has 0 fully saturated rings. The first-order valence-corrected chi connectivity index (χ1v) is 6.25. The van der Waals surface area contributed by atoms with Crippen molar-refractivity contribution >= 4 is 22.8 Å². The summed E-state index contributed by atoms with van der Waals surface area (Å²) >= 11 is 1.44. The molecule has 1 heterocycles. The smallest absolute Gasteiger partial charge is 0.329 e. The summed E-state index contributed by atoms with van der Waals surface area (Å²) in [7, 11) is 0. The molecule has 0 bridgehead atoms. The first-order valence-electron chi connectivity index (χ1n) is 5.27. The predicted molar refractivity (Wildman–Crippen MR) is 67.9 cm³/mol. The maximum absolute atomic E-state index is 10.7. The number of rotatable bonds is 3. The van der Waals surface area contributed by atoms with E-state index in [0.29, 0.717) is 12.2 Å². The number of carboxylic acid groups (broad SMARTS) is 1. The molecule has 0 amide bonds. The van der Waals surface area contributed by atoms with Gasteiger partial charge in [0, 0.05) is 17.7 Å². The fraction of sp³-hybridized carbons (Fsp3) is 0.333. The van der Waals surface area contributed by atoms with E-state index in [9.17, 15) is 9.90 Å². The van der Waals surface area contributed by atoms with Gasteiger partial charge in [-0.25, -0.2) is 4.79 Å². The number of aliphatic imine (C=N–C) groups is 1. The molecule has 0 aromatic heterocycles. The third-order valence-corrected chi connectivity index (χ3v) is 3.64. The quantitative estimate of drug-likeness (QED) is 0.860. The maximum Gasteiger partial charge on any atom is 0.329 e. The average molecular weight is 251 g/mol. The van der Waals surface area contributed by atoms with Gasteiger partial charge in [-0.3, -0.25) is 4.99 Å². The zero-order valence-electron chi connectivity index (χ0n) is 9.38. The molecular formula is C12H13NO3S. The minimum Gasteiger partial charge on any atom is -0.508 e. The molecular weight excluding hydrogens is 238 g/mol. The molecule has 4 nitrogen and oxygen atoms in total. The minimum absolute atomic E-state index is 0.243. The number of carbonyl (C=O) groups is 1. The van der Waals surface area contributed by atoms with Crippen molar-refractivity contribution in [3.05, 3.63) is 29.3 Å². The van der Waals surface area contributed by atoms with Crippen molar-refractivity contribution in [2.75, 3.05) is 5.75 Å². The number of aryl methyl sites for hydroxylation is 1. The summed E-state index contributed by atoms with van der Waals surface area (Å²) in [5.74, 6) is -0.162. The fourth-order valence-corrected chi connectivity index (χ4v) is 2.66. The van der Waals surface area contributed by atoms with Gasteiger partial charge in [0.25, 0.3) is 0 Å². The number of benzene rings is 1. The number of aromatic hydroxyl groups is 1. The Hall–Kier alpha value is -1.49. The number of hydrogen-bond donors (Lipinski definition) is 2. The number of carboxylic acids is 1. The van der Waals surface area contributed by atoms with E-state index >= 15 is 0 Å². The van der Waals surface area contributed by atoms with Gasteiger partial charge in [-0.1, -0.05) is 12.1 Å². The molecule has 0 saturated heterocycles. The lowest BCUT2D eigenvalue weighted by molar-refractivity contribution is -0.137. The van der Waals surface area contributed by atoms with Gasteiger partial charge >= 0.3 is 5.97 Å². The van der Waals surface area contributed by atoms with Crippen LogP contribution >= 0.6 is 11.8 Å². The normalized spacial score (nSPS) is 19.1. The highest BCUT2D eigenvalue weighted by molar-refractivity contribution is 8.14. The predicted octanol–water partition coefficient (Wildman–Crippen LogP) is 1.84. The first kappa shape index (κ1) is 12.0. The Morgan fingerprint density at radius 1 is 1.59 bits per heavy atom. The summed E-state index contributed by atoms with van der Waals surface area (Å²) in [5.41, 5.74) is 1.78. The first-order chi connectivity index (χ1) is 8.06. The number of hydrogen-bond acceptors (Lipinski definition) is 4. The lowest BCUT2D eigenvalue weighted by Gasteiger charge is -2.04. The zero-order chi connectivity index (χ0) is 12.4. The van der Waals surface area contributed by atoms with Crippen LogP contribution in [0.4, 0.5) is 0 Å². The Bertz CT molecular complexity index is 485. The fourth-order valence-electron chi connectivity index (χ4n) is 1.63. The highest BCUT2D eigenvalue weighted by Crippen LogP contribution is 2.25. The molecule has 1 aromatic carbocycles. The number of phenols is 1. The molecule has 90 valence electrons. The van der Waals surface area contributed by atoms with Crippen molar-refractivity contribution in [3.63, 3.8) is 0 Å². The Morgan fingerprint density at radius 3 is 2.94 bits per heavy atom. The van der Waals surface area contributed by atoms with Crippen LogP contribution in [0.5, 0.6) is 5.75 Å². The van der Waals surface area contributed by atoms with Gasteiger partial charge in [0.2, 0.25) is 0 Å². The topological polar surface area (TPSA) is 69.9 Å². The minimum atomic E-state index is -0.888. The summed E-state index contributed by atoms with van der Waals surface area (Å²) in [6.07, 6.45) is 0.501. The molecule has 1 aliphatic heterocycles. The van der Waals surface area contributed by atoms with Crippen molar-refractivity contribution < 1.29 is 15.0 Å². The van der Waals surface area contributed by atoms with Gasteiger partial charge in [-0.15, -0.1) is 11.8 Å². The summed E-state index contributed by atoms with van der Waals surface area (Å²) in [6.45, 7) is 1.91. The summed E-state index contributed by atoms with van der Waals surface area (Å²) in [5, 5.41) is 19.3. The third kappa shape index (κ3) is 2.79. The van der Waals surface area contributed by atoms with E-state index in [4.69, 9.17) is 5.11 Å². The number of phenolic OH excluding ortho intramolecular Hbond substituents is 1. The molecule has 0 aliphatic carbocycles. The van der Waals surface area contributed by atoms with E-state index in [0.717, 1.165) is 16.2 Å². The van der Waals surface area contributed by atoms with Crippen molar-refractivity contribution in [3.8, 4) is 5.75 Å². The molecule has 1 aromatic rings. The van der Waals surface area contributed by atoms with Crippen molar-refractivity contribution in [2.45, 2.75) is 19.4 Å². The van der Waals surface area contributed by atoms with Crippen LogP contribution < -0.4 is 0 Å². The van der Waals surface area contributed by atoms with Crippen LogP contribution in [-0.2, 0) is 11.2 Å². The monoisotopic (exact) mass is 251 g/mol. The molecule has 0 unspecified atom stereocenters. The number of nitrogens with zero attached hydrogens (tertiary/aromatic N) is 1. The van der Waals surface area contributed by atoms with E-state index in [1.54, 1.807) is 6.07 Å². The molecule has 0 spiro atoms. The van der Waals surface area contributed by atoms with Gasteiger partial charge in [-0.2, -0.15) is 0 Å². The summed E-state index contributed by atoms with van der Waals surface area (Å²) in [6, 6.07) is 4.83. The second kappa shape index (κ2) is 4.79. The van der Waals surface area contributed by atoms with Gasteiger partial charge in [0.15, 0.2) is 6.04 Å². The van der Waals surface area contributed by atoms with Gasteiger partial charge in [0.05, 0.1) is 5.04 Å². The standard InChI is InChI=1S/C12H13NO3S/c1-7-2-3-8(10(14)4-7)5-11-13-9(6-17-11)12(15)16/h2-4,9,14H,5-6H2,1H3,(H,15,16)/t9-/m0/s1. The Kier molecular flexibility index (Phi) is 3.38. The second-order valence-electron chi connectivity index (χ2n) is 4.00. The Balaban J connectivity index is 2.12. The highest BCUT2D eigenvalue weighted by atomic mass is 32.2. The van der Waals surface area contributed by atoms with Crippen LogP contribution in [0.1, 0.15) is 11.1 Å². The van der Waals surface area contributed by atoms with Crippen LogP contribution in [0, 0.1) is 6.92 Å². The summed E-state index contributed by atoms with van der Waals surface area (Å²) in [4.78, 5) is 14.9.